The van der Waals surface area contributed by atoms with E-state index in [1.165, 1.54) is 0 Å². The van der Waals surface area contributed by atoms with Gasteiger partial charge in [0, 0.05) is 0 Å². The van der Waals surface area contributed by atoms with Crippen LogP contribution in [0, 0.1) is 0 Å². The van der Waals surface area contributed by atoms with Gasteiger partial charge in [-0.25, -0.2) is 0 Å². The van der Waals surface area contributed by atoms with E-state index in [1.807, 2.05) is 6.92 Å². The number of hydrogen-bond acceptors (Lipinski definition) is 4. The Balaban J connectivity index is 0. The van der Waals surface area contributed by atoms with Crippen LogP contribution in [0.1, 0.15) is 19.8 Å². The van der Waals surface area contributed by atoms with Crippen LogP contribution in [0.5, 0.6) is 0 Å². The van der Waals surface area contributed by atoms with Gasteiger partial charge < -0.3 is 18.9 Å². The minimum absolute atomic E-state index is 0. The summed E-state index contributed by atoms with van der Waals surface area (Å²) in [7, 11) is -4.70. The Morgan fingerprint density at radius 2 is 2.00 bits per heavy atom. The van der Waals surface area contributed by atoms with Gasteiger partial charge >= 0.3 is 17.1 Å². The zero-order valence-electron chi connectivity index (χ0n) is 5.58. The Morgan fingerprint density at radius 3 is 2.30 bits per heavy atom. The monoisotopic (exact) mass is 207 g/mol. The van der Waals surface area contributed by atoms with Crippen molar-refractivity contribution in [3.63, 3.8) is 0 Å². The van der Waals surface area contributed by atoms with E-state index >= 15 is 0 Å². The summed E-state index contributed by atoms with van der Waals surface area (Å²) in [5.41, 5.74) is 0. The van der Waals surface area contributed by atoms with Crippen LogP contribution in [0.2, 0.25) is 0 Å². The Bertz CT molecular complexity index is 112. The third-order valence-electron chi connectivity index (χ3n) is 0.747. The molecule has 0 N–H and O–H groups in total. The Hall–Kier alpha value is 0.629. The van der Waals surface area contributed by atoms with Crippen LogP contribution in [-0.4, -0.2) is 6.61 Å². The molecule has 0 saturated heterocycles. The summed E-state index contributed by atoms with van der Waals surface area (Å²) in [4.78, 5) is 19.5. The molecule has 0 fully saturated rings. The van der Waals surface area contributed by atoms with Crippen molar-refractivity contribution >= 4 is 7.82 Å². The predicted octanol–water partition coefficient (Wildman–Crippen LogP) is -0.371. The Labute approximate surface area is 70.7 Å². The van der Waals surface area contributed by atoms with E-state index < -0.39 is 7.82 Å². The fourth-order valence-electron chi connectivity index (χ4n) is 0.321. The number of hydrogen-bond donors (Lipinski definition) is 0. The van der Waals surface area contributed by atoms with Gasteiger partial charge in [0.05, 0.1) is 14.4 Å². The van der Waals surface area contributed by atoms with Gasteiger partial charge in [-0.1, -0.05) is 13.3 Å². The molecule has 0 aromatic heterocycles. The van der Waals surface area contributed by atoms with Gasteiger partial charge in [-0.2, -0.15) is 0 Å². The minimum atomic E-state index is -4.70. The SMILES string of the molecule is CCCCOP(=O)([O-])[O-].[Mn+2]. The second-order valence-electron chi connectivity index (χ2n) is 1.63. The van der Waals surface area contributed by atoms with E-state index in [-0.39, 0.29) is 23.7 Å². The summed E-state index contributed by atoms with van der Waals surface area (Å²) in [6, 6.07) is 0. The summed E-state index contributed by atoms with van der Waals surface area (Å²) in [6.45, 7) is 1.89. The first-order chi connectivity index (χ1) is 4.06. The van der Waals surface area contributed by atoms with Crippen LogP contribution in [0.15, 0.2) is 0 Å². The molecule has 6 heteroatoms. The largest absolute Gasteiger partial charge is 2.00 e. The molecule has 0 amide bonds. The molecule has 61 valence electrons. The molecule has 1 radical (unpaired) electrons. The Kier molecular flexibility index (Phi) is 8.40. The smallest absolute Gasteiger partial charge is 0.790 e. The van der Waals surface area contributed by atoms with E-state index in [9.17, 15) is 14.4 Å². The van der Waals surface area contributed by atoms with Crippen molar-refractivity contribution in [1.82, 2.24) is 0 Å². The van der Waals surface area contributed by atoms with Crippen LogP contribution in [-0.2, 0) is 26.2 Å². The fourth-order valence-corrected chi connectivity index (χ4v) is 0.673. The molecule has 0 saturated carbocycles. The third-order valence-corrected chi connectivity index (χ3v) is 1.25. The summed E-state index contributed by atoms with van der Waals surface area (Å²) in [5.74, 6) is 0. The average molecular weight is 207 g/mol. The summed E-state index contributed by atoms with van der Waals surface area (Å²) < 4.78 is 13.7. The van der Waals surface area contributed by atoms with Gasteiger partial charge in [0.15, 0.2) is 0 Å². The minimum Gasteiger partial charge on any atom is -0.790 e. The van der Waals surface area contributed by atoms with Crippen molar-refractivity contribution in [1.29, 1.82) is 0 Å². The molecule has 10 heavy (non-hydrogen) atoms. The molecule has 4 nitrogen and oxygen atoms in total. The zero-order valence-corrected chi connectivity index (χ0v) is 7.65. The first kappa shape index (κ1) is 13.2. The number of phosphoric ester groups is 1. The standard InChI is InChI=1S/C4H11O4P.Mn/c1-2-3-4-8-9(5,6)7;/h2-4H2,1H3,(H2,5,6,7);/q;+2/p-2. The molecular formula is C4H9MnO4P. The first-order valence-corrected chi connectivity index (χ1v) is 4.19. The maximum atomic E-state index is 9.76. The number of unbranched alkanes of at least 4 members (excludes halogenated alkanes) is 1. The van der Waals surface area contributed by atoms with Crippen LogP contribution < -0.4 is 9.79 Å². The molecule has 0 spiro atoms. The molecule has 0 aromatic rings. The summed E-state index contributed by atoms with van der Waals surface area (Å²) in [5, 5.41) is 0. The fraction of sp³-hybridized carbons (Fsp3) is 1.00. The normalized spacial score (nSPS) is 10.7. The maximum absolute atomic E-state index is 9.76. The average Bonchev–Trinajstić information content (AvgIpc) is 1.63. The van der Waals surface area contributed by atoms with Gasteiger partial charge in [-0.05, 0) is 6.42 Å². The third kappa shape index (κ3) is 11.4. The van der Waals surface area contributed by atoms with Gasteiger partial charge in [0.25, 0.3) is 0 Å². The van der Waals surface area contributed by atoms with Crippen molar-refractivity contribution < 1.29 is 35.9 Å². The van der Waals surface area contributed by atoms with Gasteiger partial charge in [0.1, 0.15) is 0 Å². The van der Waals surface area contributed by atoms with E-state index in [0.29, 0.717) is 6.42 Å². The Morgan fingerprint density at radius 1 is 1.50 bits per heavy atom. The van der Waals surface area contributed by atoms with Crippen LogP contribution in [0.4, 0.5) is 0 Å². The molecule has 0 atom stereocenters. The predicted molar refractivity (Wildman–Crippen MR) is 28.5 cm³/mol. The van der Waals surface area contributed by atoms with Gasteiger partial charge in [0.2, 0.25) is 0 Å². The van der Waals surface area contributed by atoms with Crippen molar-refractivity contribution in [2.24, 2.45) is 0 Å². The second kappa shape index (κ2) is 6.35. The molecule has 0 aromatic carbocycles. The molecule has 0 unspecified atom stereocenters. The topological polar surface area (TPSA) is 72.4 Å². The van der Waals surface area contributed by atoms with Crippen molar-refractivity contribution in [2.45, 2.75) is 19.8 Å². The van der Waals surface area contributed by atoms with Crippen LogP contribution >= 0.6 is 7.82 Å². The number of rotatable bonds is 4. The van der Waals surface area contributed by atoms with Crippen molar-refractivity contribution in [3.05, 3.63) is 0 Å². The van der Waals surface area contributed by atoms with Crippen molar-refractivity contribution in [2.75, 3.05) is 6.61 Å². The van der Waals surface area contributed by atoms with E-state index in [2.05, 4.69) is 4.52 Å². The molecule has 0 aliphatic rings. The molecule has 0 heterocycles. The molecule has 0 aliphatic carbocycles. The van der Waals surface area contributed by atoms with Crippen LogP contribution in [0.3, 0.4) is 0 Å². The van der Waals surface area contributed by atoms with Gasteiger partial charge in [-0.15, -0.1) is 0 Å². The maximum Gasteiger partial charge on any atom is 2.00 e. The van der Waals surface area contributed by atoms with Crippen molar-refractivity contribution in [3.8, 4) is 0 Å². The molecule has 0 bridgehead atoms. The molecule has 0 rings (SSSR count). The summed E-state index contributed by atoms with van der Waals surface area (Å²) in [6.07, 6.45) is 1.43. The van der Waals surface area contributed by atoms with Gasteiger partial charge in [-0.3, -0.25) is 0 Å². The second-order valence-corrected chi connectivity index (χ2v) is 2.79. The molecular weight excluding hydrogens is 198 g/mol. The molecule has 0 aliphatic heterocycles. The van der Waals surface area contributed by atoms with E-state index in [0.717, 1.165) is 6.42 Å². The van der Waals surface area contributed by atoms with Crippen LogP contribution in [0.25, 0.3) is 0 Å². The summed E-state index contributed by atoms with van der Waals surface area (Å²) >= 11 is 0. The van der Waals surface area contributed by atoms with E-state index in [4.69, 9.17) is 0 Å². The van der Waals surface area contributed by atoms with E-state index in [1.54, 1.807) is 0 Å². The zero-order chi connectivity index (χ0) is 7.33. The first-order valence-electron chi connectivity index (χ1n) is 2.73. The quantitative estimate of drug-likeness (QED) is 0.358. The number of phosphoric acid groups is 1.